The molecule has 1 unspecified atom stereocenters. The van der Waals surface area contributed by atoms with Gasteiger partial charge < -0.3 is 10.4 Å². The van der Waals surface area contributed by atoms with E-state index in [9.17, 15) is 22.8 Å². The first kappa shape index (κ1) is 12.2. The summed E-state index contributed by atoms with van der Waals surface area (Å²) in [6.45, 7) is 1.15. The van der Waals surface area contributed by atoms with Crippen molar-refractivity contribution in [2.75, 3.05) is 0 Å². The number of hydrogen-bond donors (Lipinski definition) is 2. The first-order valence-electron chi connectivity index (χ1n) is 5.19. The molecule has 0 aliphatic heterocycles. The van der Waals surface area contributed by atoms with E-state index in [0.717, 1.165) is 6.92 Å². The number of hydrogen-bond acceptors (Lipinski definition) is 2. The molecule has 3 fully saturated rings. The van der Waals surface area contributed by atoms with Gasteiger partial charge in [0.2, 0.25) is 5.91 Å². The molecule has 96 valence electrons. The van der Waals surface area contributed by atoms with Crippen molar-refractivity contribution < 1.29 is 27.9 Å². The van der Waals surface area contributed by atoms with Crippen molar-refractivity contribution in [1.82, 2.24) is 5.32 Å². The molecule has 2 N–H and O–H groups in total. The van der Waals surface area contributed by atoms with Crippen LogP contribution < -0.4 is 5.32 Å². The largest absolute Gasteiger partial charge is 0.480 e. The fourth-order valence-electron chi connectivity index (χ4n) is 3.15. The van der Waals surface area contributed by atoms with E-state index < -0.39 is 34.9 Å². The Kier molecular flexibility index (Phi) is 2.25. The quantitative estimate of drug-likeness (QED) is 0.794. The molecule has 7 heteroatoms. The van der Waals surface area contributed by atoms with Crippen LogP contribution in [0.1, 0.15) is 26.2 Å². The molecule has 0 heterocycles. The molecule has 0 aromatic rings. The monoisotopic (exact) mass is 251 g/mol. The topological polar surface area (TPSA) is 66.4 Å². The van der Waals surface area contributed by atoms with Gasteiger partial charge in [0.25, 0.3) is 0 Å². The van der Waals surface area contributed by atoms with E-state index in [1.807, 2.05) is 0 Å². The normalized spacial score (nSPS) is 36.5. The SMILES string of the molecule is CC(=O)NC(C(=O)O)C12CC(C(F)(F)F)(C1)C2. The summed E-state index contributed by atoms with van der Waals surface area (Å²) in [6.07, 6.45) is -4.85. The molecule has 3 rings (SSSR count). The molecule has 0 aromatic heterocycles. The average Bonchev–Trinajstić information content (AvgIpc) is 1.92. The first-order valence-corrected chi connectivity index (χ1v) is 5.19. The Morgan fingerprint density at radius 1 is 1.29 bits per heavy atom. The third-order valence-electron chi connectivity index (χ3n) is 3.88. The van der Waals surface area contributed by atoms with Crippen LogP contribution in [0.25, 0.3) is 0 Å². The number of halogens is 3. The lowest BCUT2D eigenvalue weighted by Gasteiger charge is -2.72. The summed E-state index contributed by atoms with van der Waals surface area (Å²) in [4.78, 5) is 21.8. The Morgan fingerprint density at radius 3 is 2.06 bits per heavy atom. The minimum atomic E-state index is -4.27. The molecular formula is C10H12F3NO3. The highest BCUT2D eigenvalue weighted by Crippen LogP contribution is 2.79. The molecular weight excluding hydrogens is 239 g/mol. The van der Waals surface area contributed by atoms with Crippen LogP contribution in [0.3, 0.4) is 0 Å². The Labute approximate surface area is 95.2 Å². The molecule has 4 nitrogen and oxygen atoms in total. The van der Waals surface area contributed by atoms with Crippen molar-refractivity contribution in [1.29, 1.82) is 0 Å². The highest BCUT2D eigenvalue weighted by Gasteiger charge is 2.81. The number of amides is 1. The van der Waals surface area contributed by atoms with Crippen LogP contribution >= 0.6 is 0 Å². The van der Waals surface area contributed by atoms with Crippen LogP contribution in [0.2, 0.25) is 0 Å². The first-order chi connectivity index (χ1) is 7.62. The zero-order valence-corrected chi connectivity index (χ0v) is 9.10. The smallest absolute Gasteiger partial charge is 0.394 e. The molecule has 2 bridgehead atoms. The number of nitrogens with one attached hydrogen (secondary N) is 1. The summed E-state index contributed by atoms with van der Waals surface area (Å²) in [5.74, 6) is -1.81. The second kappa shape index (κ2) is 3.14. The minimum absolute atomic E-state index is 0.194. The van der Waals surface area contributed by atoms with Crippen molar-refractivity contribution in [3.63, 3.8) is 0 Å². The van der Waals surface area contributed by atoms with Crippen molar-refractivity contribution in [2.24, 2.45) is 10.8 Å². The van der Waals surface area contributed by atoms with Crippen LogP contribution in [0.4, 0.5) is 13.2 Å². The highest BCUT2D eigenvalue weighted by atomic mass is 19.4. The summed E-state index contributed by atoms with van der Waals surface area (Å²) >= 11 is 0. The lowest BCUT2D eigenvalue weighted by atomic mass is 9.33. The van der Waals surface area contributed by atoms with Gasteiger partial charge in [0.1, 0.15) is 6.04 Å². The number of carboxylic acids is 1. The third-order valence-corrected chi connectivity index (χ3v) is 3.88. The Hall–Kier alpha value is -1.27. The maximum atomic E-state index is 12.6. The summed E-state index contributed by atoms with van der Waals surface area (Å²) in [7, 11) is 0. The standard InChI is InChI=1S/C10H12F3NO3/c1-5(15)14-6(7(16)17)8-2-9(3-8,4-8)10(11,12)13/h6H,2-4H2,1H3,(H,14,15)(H,16,17). The van der Waals surface area contributed by atoms with E-state index in [1.165, 1.54) is 0 Å². The fraction of sp³-hybridized carbons (Fsp3) is 0.800. The molecule has 17 heavy (non-hydrogen) atoms. The maximum absolute atomic E-state index is 12.6. The van der Waals surface area contributed by atoms with Crippen molar-refractivity contribution >= 4 is 11.9 Å². The highest BCUT2D eigenvalue weighted by molar-refractivity contribution is 5.83. The van der Waals surface area contributed by atoms with Gasteiger partial charge in [-0.1, -0.05) is 0 Å². The molecule has 0 spiro atoms. The number of carbonyl (C=O) groups is 2. The molecule has 3 aliphatic rings. The summed E-state index contributed by atoms with van der Waals surface area (Å²) < 4.78 is 37.8. The van der Waals surface area contributed by atoms with E-state index in [4.69, 9.17) is 5.11 Å². The summed E-state index contributed by atoms with van der Waals surface area (Å²) in [5.41, 5.74) is -2.59. The lowest BCUT2D eigenvalue weighted by Crippen LogP contribution is -2.75. The van der Waals surface area contributed by atoms with E-state index in [-0.39, 0.29) is 19.3 Å². The van der Waals surface area contributed by atoms with Gasteiger partial charge in [-0.05, 0) is 19.3 Å². The number of aliphatic carboxylic acids is 1. The van der Waals surface area contributed by atoms with Gasteiger partial charge in [0.05, 0.1) is 5.41 Å². The van der Waals surface area contributed by atoms with E-state index in [2.05, 4.69) is 5.32 Å². The zero-order valence-electron chi connectivity index (χ0n) is 9.10. The van der Waals surface area contributed by atoms with Crippen molar-refractivity contribution in [2.45, 2.75) is 38.4 Å². The number of rotatable bonds is 3. The van der Waals surface area contributed by atoms with E-state index in [0.29, 0.717) is 0 Å². The van der Waals surface area contributed by atoms with Gasteiger partial charge in [-0.3, -0.25) is 4.79 Å². The third kappa shape index (κ3) is 1.51. The fourth-order valence-corrected chi connectivity index (χ4v) is 3.15. The van der Waals surface area contributed by atoms with Gasteiger partial charge >= 0.3 is 12.1 Å². The second-order valence-corrected chi connectivity index (χ2v) is 5.14. The molecule has 0 saturated heterocycles. The zero-order chi connectivity index (χ0) is 13.1. The van der Waals surface area contributed by atoms with Gasteiger partial charge in [0.15, 0.2) is 0 Å². The van der Waals surface area contributed by atoms with Crippen LogP contribution in [0.15, 0.2) is 0 Å². The minimum Gasteiger partial charge on any atom is -0.480 e. The van der Waals surface area contributed by atoms with Crippen LogP contribution in [0.5, 0.6) is 0 Å². The van der Waals surface area contributed by atoms with Gasteiger partial charge in [0, 0.05) is 12.3 Å². The summed E-state index contributed by atoms with van der Waals surface area (Å²) in [6, 6.07) is -1.20. The predicted octanol–water partition coefficient (Wildman–Crippen LogP) is 1.31. The molecule has 1 amide bonds. The maximum Gasteiger partial charge on any atom is 0.394 e. The molecule has 3 aliphatic carbocycles. The Morgan fingerprint density at radius 2 is 1.76 bits per heavy atom. The summed E-state index contributed by atoms with van der Waals surface area (Å²) in [5, 5.41) is 11.2. The molecule has 3 saturated carbocycles. The molecule has 0 aromatic carbocycles. The van der Waals surface area contributed by atoms with Crippen molar-refractivity contribution in [3.05, 3.63) is 0 Å². The van der Waals surface area contributed by atoms with Gasteiger partial charge in [-0.25, -0.2) is 4.79 Å². The molecule has 0 radical (unpaired) electrons. The van der Waals surface area contributed by atoms with Gasteiger partial charge in [-0.15, -0.1) is 0 Å². The average molecular weight is 251 g/mol. The predicted molar refractivity (Wildman–Crippen MR) is 50.0 cm³/mol. The number of carbonyl (C=O) groups excluding carboxylic acids is 1. The number of carboxylic acid groups (broad SMARTS) is 1. The lowest BCUT2D eigenvalue weighted by molar-refractivity contribution is -0.367. The van der Waals surface area contributed by atoms with Crippen LogP contribution in [-0.4, -0.2) is 29.2 Å². The Bertz CT molecular complexity index is 371. The Balaban J connectivity index is 2.08. The van der Waals surface area contributed by atoms with Crippen molar-refractivity contribution in [3.8, 4) is 0 Å². The van der Waals surface area contributed by atoms with Crippen LogP contribution in [-0.2, 0) is 9.59 Å². The second-order valence-electron chi connectivity index (χ2n) is 5.14. The number of alkyl halides is 3. The van der Waals surface area contributed by atoms with Gasteiger partial charge in [-0.2, -0.15) is 13.2 Å². The van der Waals surface area contributed by atoms with E-state index in [1.54, 1.807) is 0 Å². The van der Waals surface area contributed by atoms with Crippen LogP contribution in [0, 0.1) is 10.8 Å². The molecule has 1 atom stereocenters. The van der Waals surface area contributed by atoms with E-state index >= 15 is 0 Å².